The number of nitrogens with zero attached hydrogens (tertiary/aromatic N) is 1. The van der Waals surface area contributed by atoms with Crippen LogP contribution in [0.1, 0.15) is 12.5 Å². The number of rotatable bonds is 7. The minimum absolute atomic E-state index is 0.00356. The van der Waals surface area contributed by atoms with Gasteiger partial charge in [-0.2, -0.15) is 0 Å². The Balaban J connectivity index is 2.46. The molecule has 0 aromatic heterocycles. The van der Waals surface area contributed by atoms with Crippen LogP contribution >= 0.6 is 0 Å². The number of para-hydroxylation sites is 1. The van der Waals surface area contributed by atoms with Crippen LogP contribution < -0.4 is 10.1 Å². The molecular weight excluding hydrogens is 228 g/mol. The monoisotopic (exact) mass is 250 g/mol. The molecule has 0 spiro atoms. The summed E-state index contributed by atoms with van der Waals surface area (Å²) < 4.78 is 5.58. The number of nitrogens with one attached hydrogen (secondary N) is 1. The van der Waals surface area contributed by atoms with E-state index in [1.54, 1.807) is 11.9 Å². The van der Waals surface area contributed by atoms with Crippen LogP contribution in [0.25, 0.3) is 0 Å². The summed E-state index contributed by atoms with van der Waals surface area (Å²) in [5.74, 6) is 0.798. The maximum absolute atomic E-state index is 11.8. The average molecular weight is 250 g/mol. The van der Waals surface area contributed by atoms with Crippen molar-refractivity contribution in [2.75, 3.05) is 33.8 Å². The summed E-state index contributed by atoms with van der Waals surface area (Å²) in [6, 6.07) is 7.82. The van der Waals surface area contributed by atoms with Gasteiger partial charge in [-0.3, -0.25) is 4.79 Å². The summed E-state index contributed by atoms with van der Waals surface area (Å²) in [5.41, 5.74) is 1.13. The van der Waals surface area contributed by atoms with E-state index >= 15 is 0 Å². The van der Waals surface area contributed by atoms with Crippen LogP contribution in [0.15, 0.2) is 24.3 Å². The zero-order chi connectivity index (χ0) is 13.4. The molecule has 1 amide bonds. The lowest BCUT2D eigenvalue weighted by Gasteiger charge is -2.17. The number of carbonyl (C=O) groups is 1. The highest BCUT2D eigenvalue weighted by molar-refractivity contribution is 5.77. The minimum atomic E-state index is -0.00356. The Bertz CT molecular complexity index is 380. The molecule has 4 nitrogen and oxygen atoms in total. The van der Waals surface area contributed by atoms with E-state index in [2.05, 4.69) is 12.2 Å². The summed E-state index contributed by atoms with van der Waals surface area (Å²) in [5, 5.41) is 3.01. The number of aryl methyl sites for hydroxylation is 1. The van der Waals surface area contributed by atoms with Crippen LogP contribution in [0.3, 0.4) is 0 Å². The van der Waals surface area contributed by atoms with Crippen LogP contribution in [0.5, 0.6) is 5.75 Å². The minimum Gasteiger partial charge on any atom is -0.483 e. The fourth-order valence-electron chi connectivity index (χ4n) is 1.59. The van der Waals surface area contributed by atoms with E-state index in [-0.39, 0.29) is 12.5 Å². The van der Waals surface area contributed by atoms with Gasteiger partial charge < -0.3 is 15.0 Å². The van der Waals surface area contributed by atoms with E-state index in [0.717, 1.165) is 24.3 Å². The van der Waals surface area contributed by atoms with E-state index in [9.17, 15) is 4.79 Å². The molecule has 1 aromatic carbocycles. The van der Waals surface area contributed by atoms with Gasteiger partial charge in [0.05, 0.1) is 0 Å². The number of carbonyl (C=O) groups excluding carboxylic acids is 1. The van der Waals surface area contributed by atoms with Crippen molar-refractivity contribution >= 4 is 5.91 Å². The summed E-state index contributed by atoms with van der Waals surface area (Å²) in [6.07, 6.45) is 0.903. The lowest BCUT2D eigenvalue weighted by atomic mass is 10.1. The van der Waals surface area contributed by atoms with Gasteiger partial charge >= 0.3 is 0 Å². The molecule has 0 unspecified atom stereocenters. The highest BCUT2D eigenvalue weighted by Crippen LogP contribution is 2.18. The molecule has 0 aliphatic carbocycles. The molecule has 0 aliphatic heterocycles. The van der Waals surface area contributed by atoms with E-state index in [1.165, 1.54) is 0 Å². The first-order chi connectivity index (χ1) is 8.69. The number of likely N-dealkylation sites (N-methyl/N-ethyl adjacent to an activating group) is 2. The molecule has 0 radical (unpaired) electrons. The molecular formula is C14H22N2O2. The van der Waals surface area contributed by atoms with Gasteiger partial charge in [0.15, 0.2) is 6.61 Å². The third-order valence-corrected chi connectivity index (χ3v) is 2.83. The average Bonchev–Trinajstić information content (AvgIpc) is 2.42. The molecule has 0 saturated carbocycles. The molecule has 0 aliphatic rings. The first-order valence-corrected chi connectivity index (χ1v) is 6.28. The second-order valence-corrected chi connectivity index (χ2v) is 4.17. The molecule has 0 heterocycles. The van der Waals surface area contributed by atoms with Crippen LogP contribution in [-0.2, 0) is 11.2 Å². The Kier molecular flexibility index (Phi) is 6.22. The van der Waals surface area contributed by atoms with Gasteiger partial charge in [-0.05, 0) is 25.1 Å². The van der Waals surface area contributed by atoms with Gasteiger partial charge in [0, 0.05) is 20.1 Å². The number of ether oxygens (including phenoxy) is 1. The van der Waals surface area contributed by atoms with E-state index in [1.807, 2.05) is 31.3 Å². The van der Waals surface area contributed by atoms with Crippen LogP contribution in [0.4, 0.5) is 0 Å². The van der Waals surface area contributed by atoms with Gasteiger partial charge in [0.1, 0.15) is 5.75 Å². The normalized spacial score (nSPS) is 10.2. The maximum Gasteiger partial charge on any atom is 0.260 e. The Hall–Kier alpha value is -1.55. The number of hydrogen-bond donors (Lipinski definition) is 1. The largest absolute Gasteiger partial charge is 0.483 e. The third kappa shape index (κ3) is 4.37. The van der Waals surface area contributed by atoms with Crippen molar-refractivity contribution in [2.45, 2.75) is 13.3 Å². The molecule has 100 valence electrons. The Labute approximate surface area is 109 Å². The second kappa shape index (κ2) is 7.71. The quantitative estimate of drug-likeness (QED) is 0.793. The fourth-order valence-corrected chi connectivity index (χ4v) is 1.59. The summed E-state index contributed by atoms with van der Waals surface area (Å²) in [4.78, 5) is 13.5. The molecule has 0 fully saturated rings. The van der Waals surface area contributed by atoms with Crippen molar-refractivity contribution in [1.82, 2.24) is 10.2 Å². The van der Waals surface area contributed by atoms with Gasteiger partial charge in [0.2, 0.25) is 0 Å². The standard InChI is InChI=1S/C14H22N2O2/c1-4-12-7-5-6-8-13(12)18-11-14(17)16(3)10-9-15-2/h5-8,15H,4,9-11H2,1-3H3. The molecule has 0 atom stereocenters. The molecule has 4 heteroatoms. The van der Waals surface area contributed by atoms with Crippen LogP contribution in [0, 0.1) is 0 Å². The van der Waals surface area contributed by atoms with Gasteiger partial charge in [-0.25, -0.2) is 0 Å². The zero-order valence-corrected chi connectivity index (χ0v) is 11.4. The third-order valence-electron chi connectivity index (χ3n) is 2.83. The van der Waals surface area contributed by atoms with Gasteiger partial charge in [-0.15, -0.1) is 0 Å². The van der Waals surface area contributed by atoms with E-state index in [4.69, 9.17) is 4.74 Å². The zero-order valence-electron chi connectivity index (χ0n) is 11.4. The Morgan fingerprint density at radius 3 is 2.78 bits per heavy atom. The van der Waals surface area contributed by atoms with Crippen molar-refractivity contribution < 1.29 is 9.53 Å². The van der Waals surface area contributed by atoms with Gasteiger partial charge in [0.25, 0.3) is 5.91 Å². The van der Waals surface area contributed by atoms with Crippen molar-refractivity contribution in [1.29, 1.82) is 0 Å². The highest BCUT2D eigenvalue weighted by atomic mass is 16.5. The molecule has 1 aromatic rings. The summed E-state index contributed by atoms with van der Waals surface area (Å²) in [7, 11) is 3.65. The smallest absolute Gasteiger partial charge is 0.260 e. The SMILES string of the molecule is CCc1ccccc1OCC(=O)N(C)CCNC. The van der Waals surface area contributed by atoms with Crippen molar-refractivity contribution in [3.63, 3.8) is 0 Å². The summed E-state index contributed by atoms with van der Waals surface area (Å²) >= 11 is 0. The Morgan fingerprint density at radius 1 is 1.39 bits per heavy atom. The molecule has 18 heavy (non-hydrogen) atoms. The lowest BCUT2D eigenvalue weighted by Crippen LogP contribution is -2.36. The number of amides is 1. The fraction of sp³-hybridized carbons (Fsp3) is 0.500. The predicted octanol–water partition coefficient (Wildman–Crippen LogP) is 1.31. The van der Waals surface area contributed by atoms with E-state index in [0.29, 0.717) is 6.54 Å². The summed E-state index contributed by atoms with van der Waals surface area (Å²) in [6.45, 7) is 3.64. The van der Waals surface area contributed by atoms with Crippen LogP contribution in [0.2, 0.25) is 0 Å². The predicted molar refractivity (Wildman–Crippen MR) is 72.9 cm³/mol. The number of hydrogen-bond acceptors (Lipinski definition) is 3. The number of benzene rings is 1. The van der Waals surface area contributed by atoms with Crippen molar-refractivity contribution in [3.8, 4) is 5.75 Å². The second-order valence-electron chi connectivity index (χ2n) is 4.17. The van der Waals surface area contributed by atoms with Gasteiger partial charge in [-0.1, -0.05) is 25.1 Å². The first-order valence-electron chi connectivity index (χ1n) is 6.28. The molecule has 1 N–H and O–H groups in total. The molecule has 0 saturated heterocycles. The first kappa shape index (κ1) is 14.5. The maximum atomic E-state index is 11.8. The van der Waals surface area contributed by atoms with E-state index < -0.39 is 0 Å². The Morgan fingerprint density at radius 2 is 2.11 bits per heavy atom. The van der Waals surface area contributed by atoms with Crippen molar-refractivity contribution in [2.24, 2.45) is 0 Å². The molecule has 0 bridgehead atoms. The highest BCUT2D eigenvalue weighted by Gasteiger charge is 2.09. The molecule has 1 rings (SSSR count). The lowest BCUT2D eigenvalue weighted by molar-refractivity contribution is -0.132. The van der Waals surface area contributed by atoms with Crippen LogP contribution in [-0.4, -0.2) is 44.6 Å². The topological polar surface area (TPSA) is 41.6 Å². The van der Waals surface area contributed by atoms with Crippen molar-refractivity contribution in [3.05, 3.63) is 29.8 Å².